The Bertz CT molecular complexity index is 547. The van der Waals surface area contributed by atoms with Gasteiger partial charge in [0.15, 0.2) is 0 Å². The summed E-state index contributed by atoms with van der Waals surface area (Å²) in [4.78, 5) is 7.01. The maximum Gasteiger partial charge on any atom is 0.0722 e. The molecule has 19 heavy (non-hydrogen) atoms. The summed E-state index contributed by atoms with van der Waals surface area (Å²) in [5.74, 6) is 0. The Kier molecular flexibility index (Phi) is 3.65. The summed E-state index contributed by atoms with van der Waals surface area (Å²) >= 11 is 0. The number of nitrogens with two attached hydrogens (primary N) is 1. The summed E-state index contributed by atoms with van der Waals surface area (Å²) in [6.45, 7) is 1.95. The number of fused-ring (bicyclic) bond motifs is 1. The van der Waals surface area contributed by atoms with Crippen molar-refractivity contribution < 1.29 is 0 Å². The Hall–Kier alpha value is -1.61. The molecule has 1 atom stereocenters. The van der Waals surface area contributed by atoms with Gasteiger partial charge in [0.05, 0.1) is 5.52 Å². The van der Waals surface area contributed by atoms with Crippen LogP contribution in [0.25, 0.3) is 10.9 Å². The first kappa shape index (κ1) is 12.4. The van der Waals surface area contributed by atoms with E-state index in [1.54, 1.807) is 0 Å². The van der Waals surface area contributed by atoms with Crippen molar-refractivity contribution in [1.29, 1.82) is 0 Å². The molecule has 1 unspecified atom stereocenters. The van der Waals surface area contributed by atoms with Crippen LogP contribution in [0, 0.1) is 0 Å². The van der Waals surface area contributed by atoms with Crippen molar-refractivity contribution in [3.05, 3.63) is 36.5 Å². The standard InChI is InChI=1S/C16H21N3/c17-10-3-5-13-6-4-12-19(13)16-9-11-18-15-8-2-1-7-14(15)16/h1-2,7-9,11,13H,3-6,10,12,17H2. The van der Waals surface area contributed by atoms with Crippen molar-refractivity contribution >= 4 is 16.6 Å². The lowest BCUT2D eigenvalue weighted by atomic mass is 10.1. The number of para-hydroxylation sites is 1. The maximum atomic E-state index is 5.65. The van der Waals surface area contributed by atoms with Gasteiger partial charge in [0.1, 0.15) is 0 Å². The van der Waals surface area contributed by atoms with Crippen molar-refractivity contribution in [3.8, 4) is 0 Å². The van der Waals surface area contributed by atoms with E-state index in [0.29, 0.717) is 6.04 Å². The van der Waals surface area contributed by atoms with Crippen LogP contribution < -0.4 is 10.6 Å². The number of nitrogens with zero attached hydrogens (tertiary/aromatic N) is 2. The van der Waals surface area contributed by atoms with Crippen LogP contribution in [-0.2, 0) is 0 Å². The molecule has 100 valence electrons. The Balaban J connectivity index is 1.94. The quantitative estimate of drug-likeness (QED) is 0.913. The summed E-state index contributed by atoms with van der Waals surface area (Å²) in [6.07, 6.45) is 6.82. The van der Waals surface area contributed by atoms with Gasteiger partial charge in [0.25, 0.3) is 0 Å². The average molecular weight is 255 g/mol. The van der Waals surface area contributed by atoms with E-state index in [-0.39, 0.29) is 0 Å². The Morgan fingerprint density at radius 1 is 1.26 bits per heavy atom. The topological polar surface area (TPSA) is 42.1 Å². The fourth-order valence-corrected chi connectivity index (χ4v) is 3.14. The molecule has 1 aromatic carbocycles. The molecular weight excluding hydrogens is 234 g/mol. The zero-order chi connectivity index (χ0) is 13.1. The van der Waals surface area contributed by atoms with Crippen LogP contribution in [-0.4, -0.2) is 24.1 Å². The monoisotopic (exact) mass is 255 g/mol. The van der Waals surface area contributed by atoms with Gasteiger partial charge in [0, 0.05) is 29.9 Å². The van der Waals surface area contributed by atoms with Crippen LogP contribution in [0.15, 0.2) is 36.5 Å². The van der Waals surface area contributed by atoms with Gasteiger partial charge >= 0.3 is 0 Å². The van der Waals surface area contributed by atoms with E-state index in [1.165, 1.54) is 30.3 Å². The summed E-state index contributed by atoms with van der Waals surface area (Å²) in [5, 5.41) is 1.27. The van der Waals surface area contributed by atoms with Gasteiger partial charge in [-0.3, -0.25) is 4.98 Å². The van der Waals surface area contributed by atoms with E-state index >= 15 is 0 Å². The first-order valence-electron chi connectivity index (χ1n) is 7.20. The molecule has 1 aromatic heterocycles. The molecule has 3 heteroatoms. The molecule has 0 bridgehead atoms. The number of anilines is 1. The highest BCUT2D eigenvalue weighted by Crippen LogP contribution is 2.32. The molecule has 2 N–H and O–H groups in total. The molecule has 3 nitrogen and oxygen atoms in total. The lowest BCUT2D eigenvalue weighted by Crippen LogP contribution is -2.29. The van der Waals surface area contributed by atoms with Gasteiger partial charge < -0.3 is 10.6 Å². The van der Waals surface area contributed by atoms with E-state index in [2.05, 4.69) is 40.2 Å². The molecule has 0 saturated carbocycles. The first-order chi connectivity index (χ1) is 9.40. The Morgan fingerprint density at radius 2 is 2.16 bits per heavy atom. The van der Waals surface area contributed by atoms with Gasteiger partial charge in [-0.15, -0.1) is 0 Å². The molecule has 1 aliphatic rings. The maximum absolute atomic E-state index is 5.65. The molecule has 0 radical (unpaired) electrons. The highest BCUT2D eigenvalue weighted by Gasteiger charge is 2.25. The third kappa shape index (κ3) is 2.43. The van der Waals surface area contributed by atoms with Gasteiger partial charge in [0.2, 0.25) is 0 Å². The minimum atomic E-state index is 0.648. The third-order valence-corrected chi connectivity index (χ3v) is 4.05. The van der Waals surface area contributed by atoms with Crippen LogP contribution in [0.3, 0.4) is 0 Å². The third-order valence-electron chi connectivity index (χ3n) is 4.05. The number of benzene rings is 1. The SMILES string of the molecule is NCCCC1CCCN1c1ccnc2ccccc12. The molecule has 0 amide bonds. The Labute approximate surface area is 114 Å². The number of hydrogen-bond acceptors (Lipinski definition) is 3. The minimum Gasteiger partial charge on any atom is -0.368 e. The van der Waals surface area contributed by atoms with Gasteiger partial charge in [-0.25, -0.2) is 0 Å². The van der Waals surface area contributed by atoms with Crippen LogP contribution in [0.2, 0.25) is 0 Å². The molecule has 3 rings (SSSR count). The largest absolute Gasteiger partial charge is 0.368 e. The fourth-order valence-electron chi connectivity index (χ4n) is 3.14. The first-order valence-corrected chi connectivity index (χ1v) is 7.20. The summed E-state index contributed by atoms with van der Waals surface area (Å²) in [6, 6.07) is 11.2. The van der Waals surface area contributed by atoms with E-state index in [1.807, 2.05) is 6.20 Å². The second-order valence-electron chi connectivity index (χ2n) is 5.27. The minimum absolute atomic E-state index is 0.648. The van der Waals surface area contributed by atoms with Crippen LogP contribution in [0.5, 0.6) is 0 Å². The molecule has 2 heterocycles. The molecule has 1 saturated heterocycles. The predicted molar refractivity (Wildman–Crippen MR) is 80.4 cm³/mol. The van der Waals surface area contributed by atoms with E-state index < -0.39 is 0 Å². The average Bonchev–Trinajstić information content (AvgIpc) is 2.92. The molecule has 0 spiro atoms. The highest BCUT2D eigenvalue weighted by atomic mass is 15.2. The van der Waals surface area contributed by atoms with E-state index in [4.69, 9.17) is 5.73 Å². The van der Waals surface area contributed by atoms with Crippen molar-refractivity contribution in [1.82, 2.24) is 4.98 Å². The highest BCUT2D eigenvalue weighted by molar-refractivity contribution is 5.91. The zero-order valence-electron chi connectivity index (χ0n) is 11.3. The summed E-state index contributed by atoms with van der Waals surface area (Å²) in [5.41, 5.74) is 8.08. The molecular formula is C16H21N3. The molecule has 0 aliphatic carbocycles. The van der Waals surface area contributed by atoms with Crippen molar-refractivity contribution in [3.63, 3.8) is 0 Å². The molecule has 1 aliphatic heterocycles. The number of aromatic nitrogens is 1. The van der Waals surface area contributed by atoms with Gasteiger partial charge in [-0.05, 0) is 44.4 Å². The summed E-state index contributed by atoms with van der Waals surface area (Å²) < 4.78 is 0. The van der Waals surface area contributed by atoms with Crippen LogP contribution in [0.4, 0.5) is 5.69 Å². The normalized spacial score (nSPS) is 19.2. The molecule has 2 aromatic rings. The van der Waals surface area contributed by atoms with Crippen molar-refractivity contribution in [2.24, 2.45) is 5.73 Å². The summed E-state index contributed by atoms with van der Waals surface area (Å²) in [7, 11) is 0. The number of hydrogen-bond donors (Lipinski definition) is 1. The van der Waals surface area contributed by atoms with E-state index in [0.717, 1.165) is 25.0 Å². The lowest BCUT2D eigenvalue weighted by Gasteiger charge is -2.27. The Morgan fingerprint density at radius 3 is 3.05 bits per heavy atom. The number of pyridine rings is 1. The van der Waals surface area contributed by atoms with Gasteiger partial charge in [-0.2, -0.15) is 0 Å². The predicted octanol–water partition coefficient (Wildman–Crippen LogP) is 2.94. The van der Waals surface area contributed by atoms with E-state index in [9.17, 15) is 0 Å². The zero-order valence-corrected chi connectivity index (χ0v) is 11.3. The second kappa shape index (κ2) is 5.57. The van der Waals surface area contributed by atoms with Crippen LogP contribution in [0.1, 0.15) is 25.7 Å². The van der Waals surface area contributed by atoms with Crippen LogP contribution >= 0.6 is 0 Å². The second-order valence-corrected chi connectivity index (χ2v) is 5.27. The smallest absolute Gasteiger partial charge is 0.0722 e. The van der Waals surface area contributed by atoms with Crippen molar-refractivity contribution in [2.45, 2.75) is 31.7 Å². The number of rotatable bonds is 4. The van der Waals surface area contributed by atoms with Gasteiger partial charge in [-0.1, -0.05) is 18.2 Å². The van der Waals surface area contributed by atoms with Crippen molar-refractivity contribution in [2.75, 3.05) is 18.0 Å². The molecule has 1 fully saturated rings. The lowest BCUT2D eigenvalue weighted by molar-refractivity contribution is 0.586. The fraction of sp³-hybridized carbons (Fsp3) is 0.438.